The molecule has 0 radical (unpaired) electrons. The van der Waals surface area contributed by atoms with Gasteiger partial charge in [-0.1, -0.05) is 13.0 Å². The van der Waals surface area contributed by atoms with Gasteiger partial charge in [-0.3, -0.25) is 4.79 Å². The van der Waals surface area contributed by atoms with Gasteiger partial charge in [0.1, 0.15) is 5.92 Å². The molecule has 18 heavy (non-hydrogen) atoms. The molecule has 1 aromatic carbocycles. The normalized spacial score (nSPS) is 11.7. The van der Waals surface area contributed by atoms with Gasteiger partial charge in [0, 0.05) is 6.54 Å². The summed E-state index contributed by atoms with van der Waals surface area (Å²) in [5, 5.41) is 11.3. The van der Waals surface area contributed by atoms with Crippen molar-refractivity contribution in [2.24, 2.45) is 5.92 Å². The number of hydrogen-bond acceptors (Lipinski definition) is 2. The van der Waals surface area contributed by atoms with Gasteiger partial charge in [-0.25, -0.2) is 8.78 Å². The second-order valence-electron chi connectivity index (χ2n) is 3.88. The second-order valence-corrected chi connectivity index (χ2v) is 3.88. The van der Waals surface area contributed by atoms with Crippen LogP contribution in [0.1, 0.15) is 18.9 Å². The number of nitriles is 1. The molecule has 0 bridgehead atoms. The Hall–Kier alpha value is -1.96. The third kappa shape index (κ3) is 3.81. The molecule has 0 aliphatic carbocycles. The van der Waals surface area contributed by atoms with E-state index >= 15 is 0 Å². The van der Waals surface area contributed by atoms with Crippen molar-refractivity contribution in [3.63, 3.8) is 0 Å². The Morgan fingerprint density at radius 1 is 1.44 bits per heavy atom. The molecule has 0 fully saturated rings. The molecule has 3 nitrogen and oxygen atoms in total. The van der Waals surface area contributed by atoms with Gasteiger partial charge < -0.3 is 5.32 Å². The Bertz CT molecular complexity index is 469. The Morgan fingerprint density at radius 2 is 2.17 bits per heavy atom. The fourth-order valence-corrected chi connectivity index (χ4v) is 1.48. The molecule has 0 heterocycles. The number of nitrogens with one attached hydrogen (secondary N) is 1. The number of benzene rings is 1. The molecule has 96 valence electrons. The van der Waals surface area contributed by atoms with Crippen molar-refractivity contribution in [1.29, 1.82) is 5.26 Å². The number of carbonyl (C=O) groups excluding carboxylic acids is 1. The van der Waals surface area contributed by atoms with Crippen molar-refractivity contribution >= 4 is 5.91 Å². The van der Waals surface area contributed by atoms with Crippen molar-refractivity contribution in [3.05, 3.63) is 35.4 Å². The fourth-order valence-electron chi connectivity index (χ4n) is 1.48. The third-order valence-corrected chi connectivity index (χ3v) is 2.58. The molecule has 0 aliphatic heterocycles. The Balaban J connectivity index is 2.45. The van der Waals surface area contributed by atoms with Crippen molar-refractivity contribution in [3.8, 4) is 6.07 Å². The van der Waals surface area contributed by atoms with Crippen LogP contribution >= 0.6 is 0 Å². The zero-order chi connectivity index (χ0) is 13.5. The minimum absolute atomic E-state index is 0.294. The maximum Gasteiger partial charge on any atom is 0.237 e. The number of carbonyl (C=O) groups is 1. The van der Waals surface area contributed by atoms with Crippen LogP contribution in [0.3, 0.4) is 0 Å². The summed E-state index contributed by atoms with van der Waals surface area (Å²) in [4.78, 5) is 11.4. The van der Waals surface area contributed by atoms with E-state index in [1.54, 1.807) is 6.92 Å². The second kappa shape index (κ2) is 6.70. The van der Waals surface area contributed by atoms with Gasteiger partial charge in [-0.2, -0.15) is 5.26 Å². The molecule has 0 spiro atoms. The van der Waals surface area contributed by atoms with Gasteiger partial charge in [0.25, 0.3) is 0 Å². The molecule has 1 aromatic rings. The number of amides is 1. The molecule has 1 atom stereocenters. The first-order valence-corrected chi connectivity index (χ1v) is 5.69. The van der Waals surface area contributed by atoms with Crippen LogP contribution in [0.2, 0.25) is 0 Å². The molecule has 1 rings (SSSR count). The molecule has 1 unspecified atom stereocenters. The standard InChI is InChI=1S/C13H14F2N2O/c1-2-10(8-16)13(18)17-6-5-9-3-4-11(14)12(15)7-9/h3-4,7,10H,2,5-6H2,1H3,(H,17,18). The minimum Gasteiger partial charge on any atom is -0.355 e. The van der Waals surface area contributed by atoms with E-state index in [0.717, 1.165) is 12.1 Å². The molecular formula is C13H14F2N2O. The zero-order valence-electron chi connectivity index (χ0n) is 10.0. The highest BCUT2D eigenvalue weighted by Gasteiger charge is 2.14. The van der Waals surface area contributed by atoms with Crippen LogP contribution in [0.4, 0.5) is 8.78 Å². The first-order valence-electron chi connectivity index (χ1n) is 5.69. The smallest absolute Gasteiger partial charge is 0.237 e. The average molecular weight is 252 g/mol. The van der Waals surface area contributed by atoms with Crippen LogP contribution in [-0.4, -0.2) is 12.5 Å². The number of nitrogens with zero attached hydrogens (tertiary/aromatic N) is 1. The quantitative estimate of drug-likeness (QED) is 0.873. The van der Waals surface area contributed by atoms with E-state index in [1.807, 2.05) is 6.07 Å². The number of hydrogen-bond donors (Lipinski definition) is 1. The molecule has 1 amide bonds. The van der Waals surface area contributed by atoms with Crippen LogP contribution < -0.4 is 5.32 Å². The predicted octanol–water partition coefficient (Wildman–Crippen LogP) is 2.17. The summed E-state index contributed by atoms with van der Waals surface area (Å²) in [6, 6.07) is 5.51. The summed E-state index contributed by atoms with van der Waals surface area (Å²) in [7, 11) is 0. The summed E-state index contributed by atoms with van der Waals surface area (Å²) in [5.41, 5.74) is 0.596. The summed E-state index contributed by atoms with van der Waals surface area (Å²) < 4.78 is 25.6. The number of rotatable bonds is 5. The van der Waals surface area contributed by atoms with Crippen molar-refractivity contribution in [2.75, 3.05) is 6.54 Å². The van der Waals surface area contributed by atoms with E-state index in [9.17, 15) is 13.6 Å². The molecular weight excluding hydrogens is 238 g/mol. The topological polar surface area (TPSA) is 52.9 Å². The SMILES string of the molecule is CCC(C#N)C(=O)NCCc1ccc(F)c(F)c1. The highest BCUT2D eigenvalue weighted by atomic mass is 19.2. The van der Waals surface area contributed by atoms with Crippen molar-refractivity contribution < 1.29 is 13.6 Å². The lowest BCUT2D eigenvalue weighted by Crippen LogP contribution is -2.31. The first kappa shape index (κ1) is 14.1. The van der Waals surface area contributed by atoms with Crippen LogP contribution in [0.5, 0.6) is 0 Å². The lowest BCUT2D eigenvalue weighted by Gasteiger charge is -2.08. The van der Waals surface area contributed by atoms with Gasteiger partial charge in [0.15, 0.2) is 11.6 Å². The molecule has 0 saturated heterocycles. The van der Waals surface area contributed by atoms with Gasteiger partial charge in [-0.15, -0.1) is 0 Å². The maximum atomic E-state index is 12.9. The van der Waals surface area contributed by atoms with Crippen molar-refractivity contribution in [1.82, 2.24) is 5.32 Å². The monoisotopic (exact) mass is 252 g/mol. The summed E-state index contributed by atoms with van der Waals surface area (Å²) in [5.74, 6) is -2.78. The molecule has 0 aliphatic rings. The molecule has 5 heteroatoms. The Labute approximate surface area is 104 Å². The first-order chi connectivity index (χ1) is 8.58. The third-order valence-electron chi connectivity index (χ3n) is 2.58. The highest BCUT2D eigenvalue weighted by molar-refractivity contribution is 5.80. The maximum absolute atomic E-state index is 12.9. The molecule has 0 aromatic heterocycles. The summed E-state index contributed by atoms with van der Waals surface area (Å²) >= 11 is 0. The van der Waals surface area contributed by atoms with E-state index in [2.05, 4.69) is 5.32 Å². The van der Waals surface area contributed by atoms with Crippen molar-refractivity contribution in [2.45, 2.75) is 19.8 Å². The lowest BCUT2D eigenvalue weighted by atomic mass is 10.1. The van der Waals surface area contributed by atoms with Gasteiger partial charge in [0.2, 0.25) is 5.91 Å². The minimum atomic E-state index is -0.901. The molecule has 1 N–H and O–H groups in total. The van der Waals surface area contributed by atoms with Crippen LogP contribution in [0.25, 0.3) is 0 Å². The van der Waals surface area contributed by atoms with Gasteiger partial charge >= 0.3 is 0 Å². The van der Waals surface area contributed by atoms with E-state index in [0.29, 0.717) is 24.9 Å². The predicted molar refractivity (Wildman–Crippen MR) is 62.5 cm³/mol. The fraction of sp³-hybridized carbons (Fsp3) is 0.385. The summed E-state index contributed by atoms with van der Waals surface area (Å²) in [6.07, 6.45) is 0.846. The van der Waals surface area contributed by atoms with Crippen LogP contribution in [0, 0.1) is 28.9 Å². The Morgan fingerprint density at radius 3 is 2.72 bits per heavy atom. The highest BCUT2D eigenvalue weighted by Crippen LogP contribution is 2.09. The number of halogens is 2. The lowest BCUT2D eigenvalue weighted by molar-refractivity contribution is -0.123. The average Bonchev–Trinajstić information content (AvgIpc) is 2.35. The largest absolute Gasteiger partial charge is 0.355 e. The Kier molecular flexibility index (Phi) is 5.25. The van der Waals surface area contributed by atoms with E-state index in [4.69, 9.17) is 5.26 Å². The van der Waals surface area contributed by atoms with Gasteiger partial charge in [-0.05, 0) is 30.5 Å². The van der Waals surface area contributed by atoms with E-state index in [1.165, 1.54) is 6.07 Å². The van der Waals surface area contributed by atoms with Crippen LogP contribution in [0.15, 0.2) is 18.2 Å². The zero-order valence-corrected chi connectivity index (χ0v) is 10.0. The summed E-state index contributed by atoms with van der Waals surface area (Å²) in [6.45, 7) is 2.05. The van der Waals surface area contributed by atoms with Gasteiger partial charge in [0.05, 0.1) is 6.07 Å². The van der Waals surface area contributed by atoms with E-state index in [-0.39, 0.29) is 5.91 Å². The van der Waals surface area contributed by atoms with Crippen LogP contribution in [-0.2, 0) is 11.2 Å². The molecule has 0 saturated carbocycles. The van der Waals surface area contributed by atoms with E-state index < -0.39 is 17.6 Å².